The zero-order valence-electron chi connectivity index (χ0n) is 20.2. The fourth-order valence-corrected chi connectivity index (χ4v) is 9.77. The van der Waals surface area contributed by atoms with Crippen LogP contribution in [0.2, 0.25) is 0 Å². The molecule has 6 nitrogen and oxygen atoms in total. The molecule has 4 aliphatic rings. The summed E-state index contributed by atoms with van der Waals surface area (Å²) in [4.78, 5) is 0. The molecule has 0 aromatic rings. The normalized spacial score (nSPS) is 49.7. The van der Waals surface area contributed by atoms with Crippen LogP contribution in [-0.2, 0) is 14.6 Å². The third-order valence-corrected chi connectivity index (χ3v) is 11.4. The zero-order valence-corrected chi connectivity index (χ0v) is 21.0. The van der Waals surface area contributed by atoms with Crippen molar-refractivity contribution in [3.8, 4) is 0 Å². The van der Waals surface area contributed by atoms with E-state index in [9.17, 15) is 23.2 Å². The van der Waals surface area contributed by atoms with Crippen LogP contribution in [0, 0.1) is 52.3 Å². The molecule has 0 amide bonds. The zero-order chi connectivity index (χ0) is 23.5. The van der Waals surface area contributed by atoms with Crippen LogP contribution in [0.15, 0.2) is 0 Å². The Labute approximate surface area is 194 Å². The molecule has 0 unspecified atom stereocenters. The van der Waals surface area contributed by atoms with Gasteiger partial charge in [-0.1, -0.05) is 34.1 Å². The Morgan fingerprint density at radius 1 is 1.03 bits per heavy atom. The van der Waals surface area contributed by atoms with E-state index < -0.39 is 10.4 Å². The Morgan fingerprint density at radius 3 is 2.34 bits per heavy atom. The molecule has 11 atom stereocenters. The topological polar surface area (TPSA) is 107 Å². The third kappa shape index (κ3) is 4.08. The molecule has 0 bridgehead atoms. The number of hydrogen-bond donors (Lipinski definition) is 2. The van der Waals surface area contributed by atoms with Crippen LogP contribution in [0.3, 0.4) is 0 Å². The molecule has 4 fully saturated rings. The lowest BCUT2D eigenvalue weighted by Gasteiger charge is -2.64. The van der Waals surface area contributed by atoms with Gasteiger partial charge in [-0.05, 0) is 104 Å². The number of aliphatic hydroxyl groups excluding tert-OH is 2. The molecule has 4 rings (SSSR count). The summed E-state index contributed by atoms with van der Waals surface area (Å²) in [6.07, 6.45) is 8.26. The number of hydrogen-bond acceptors (Lipinski definition) is 6. The Bertz CT molecular complexity index is 785. The highest BCUT2D eigenvalue weighted by atomic mass is 32.3. The number of fused-ring (bicyclic) bond motifs is 5. The lowest BCUT2D eigenvalue weighted by atomic mass is 9.41. The highest BCUT2D eigenvalue weighted by molar-refractivity contribution is 7.80. The van der Waals surface area contributed by atoms with Crippen molar-refractivity contribution in [3.63, 3.8) is 0 Å². The lowest BCUT2D eigenvalue weighted by Crippen LogP contribution is -2.62. The standard InChI is InChI=1S/C25H44O6S/c1-5-17-21-14-16(26)8-11-25(21,4)20-9-12-24(3)18(6-7-19(24)22(20)23(17)27)15(2)10-13-31-32(28,29)30/h15-23,26-27H,5-14H2,1-4H3,(H,28,29,30)/p-1/t15-,16-,17-,18-,19+,20+,21+,22+,23-,24-,25-/m1/s1. The van der Waals surface area contributed by atoms with Gasteiger partial charge in [-0.15, -0.1) is 0 Å². The van der Waals surface area contributed by atoms with Crippen molar-refractivity contribution >= 4 is 10.4 Å². The van der Waals surface area contributed by atoms with Crippen LogP contribution in [0.4, 0.5) is 0 Å². The van der Waals surface area contributed by atoms with E-state index in [0.717, 1.165) is 51.4 Å². The summed E-state index contributed by atoms with van der Waals surface area (Å²) in [5, 5.41) is 22.1. The Hall–Kier alpha value is -0.210. The van der Waals surface area contributed by atoms with E-state index in [2.05, 4.69) is 31.9 Å². The first-order valence-corrected chi connectivity index (χ1v) is 14.2. The minimum Gasteiger partial charge on any atom is -0.726 e. The van der Waals surface area contributed by atoms with Crippen molar-refractivity contribution in [2.75, 3.05) is 6.61 Å². The lowest BCUT2D eigenvalue weighted by molar-refractivity contribution is -0.203. The van der Waals surface area contributed by atoms with E-state index in [1.165, 1.54) is 0 Å². The van der Waals surface area contributed by atoms with E-state index in [0.29, 0.717) is 36.0 Å². The monoisotopic (exact) mass is 471 g/mol. The minimum absolute atomic E-state index is 0.0427. The molecule has 0 aliphatic heterocycles. The molecule has 0 radical (unpaired) electrons. The number of aliphatic hydroxyl groups is 2. The Kier molecular flexibility index (Phi) is 6.83. The SMILES string of the molecule is CC[C@H]1[C@@H](O)[C@@H]2[C@H](CC[C@]3(C)[C@@H]([C@H](C)CCOS(=O)(=O)[O-])CC[C@@H]23)[C@@]2(C)CC[C@@H](O)C[C@@H]12. The van der Waals surface area contributed by atoms with Crippen LogP contribution >= 0.6 is 0 Å². The molecule has 186 valence electrons. The first kappa shape index (κ1) is 24.9. The van der Waals surface area contributed by atoms with Gasteiger partial charge in [0.25, 0.3) is 0 Å². The van der Waals surface area contributed by atoms with Crippen LogP contribution < -0.4 is 0 Å². The maximum Gasteiger partial charge on any atom is 0.217 e. The summed E-state index contributed by atoms with van der Waals surface area (Å²) >= 11 is 0. The maximum absolute atomic E-state index is 11.7. The van der Waals surface area contributed by atoms with Crippen molar-refractivity contribution in [2.24, 2.45) is 52.3 Å². The van der Waals surface area contributed by atoms with Crippen molar-refractivity contribution in [1.29, 1.82) is 0 Å². The first-order chi connectivity index (χ1) is 14.9. The average Bonchev–Trinajstić information content (AvgIpc) is 3.06. The molecule has 7 heteroatoms. The van der Waals surface area contributed by atoms with Gasteiger partial charge in [-0.25, -0.2) is 8.42 Å². The van der Waals surface area contributed by atoms with Crippen LogP contribution in [-0.4, -0.2) is 42.0 Å². The van der Waals surface area contributed by atoms with E-state index in [4.69, 9.17) is 0 Å². The van der Waals surface area contributed by atoms with Gasteiger partial charge in [0, 0.05) is 0 Å². The molecule has 4 saturated carbocycles. The largest absolute Gasteiger partial charge is 0.726 e. The molecular formula is C25H43O6S-. The fourth-order valence-electron chi connectivity index (χ4n) is 9.47. The summed E-state index contributed by atoms with van der Waals surface area (Å²) in [6, 6.07) is 0. The van der Waals surface area contributed by atoms with Crippen molar-refractivity contribution in [1.82, 2.24) is 0 Å². The predicted octanol–water partition coefficient (Wildman–Crippen LogP) is 4.12. The van der Waals surface area contributed by atoms with Gasteiger partial charge >= 0.3 is 0 Å². The molecule has 0 heterocycles. The second-order valence-corrected chi connectivity index (χ2v) is 13.2. The molecule has 32 heavy (non-hydrogen) atoms. The van der Waals surface area contributed by atoms with Crippen LogP contribution in [0.5, 0.6) is 0 Å². The summed E-state index contributed by atoms with van der Waals surface area (Å²) in [6.45, 7) is 9.17. The van der Waals surface area contributed by atoms with Crippen molar-refractivity contribution < 1.29 is 27.4 Å². The molecular weight excluding hydrogens is 428 g/mol. The maximum atomic E-state index is 11.7. The van der Waals surface area contributed by atoms with Crippen molar-refractivity contribution in [2.45, 2.75) is 97.7 Å². The fraction of sp³-hybridized carbons (Fsp3) is 1.00. The van der Waals surface area contributed by atoms with Crippen LogP contribution in [0.1, 0.15) is 85.5 Å². The molecule has 0 aromatic heterocycles. The minimum atomic E-state index is -4.64. The third-order valence-electron chi connectivity index (χ3n) is 11.0. The Morgan fingerprint density at radius 2 is 1.69 bits per heavy atom. The summed E-state index contributed by atoms with van der Waals surface area (Å²) in [5.41, 5.74) is 0.332. The predicted molar refractivity (Wildman–Crippen MR) is 121 cm³/mol. The van der Waals surface area contributed by atoms with Gasteiger partial charge < -0.3 is 14.8 Å². The van der Waals surface area contributed by atoms with Crippen molar-refractivity contribution in [3.05, 3.63) is 0 Å². The highest BCUT2D eigenvalue weighted by Gasteiger charge is 2.64. The smallest absolute Gasteiger partial charge is 0.217 e. The van der Waals surface area contributed by atoms with Gasteiger partial charge in [-0.2, -0.15) is 0 Å². The summed E-state index contributed by atoms with van der Waals surface area (Å²) < 4.78 is 37.0. The van der Waals surface area contributed by atoms with Gasteiger partial charge in [-0.3, -0.25) is 4.18 Å². The molecule has 0 aromatic carbocycles. The van der Waals surface area contributed by atoms with Gasteiger partial charge in [0.1, 0.15) is 0 Å². The van der Waals surface area contributed by atoms with Crippen LogP contribution in [0.25, 0.3) is 0 Å². The van der Waals surface area contributed by atoms with Gasteiger partial charge in [0.05, 0.1) is 18.8 Å². The first-order valence-electron chi connectivity index (χ1n) is 12.9. The quantitative estimate of drug-likeness (QED) is 0.446. The van der Waals surface area contributed by atoms with Gasteiger partial charge in [0.2, 0.25) is 10.4 Å². The summed E-state index contributed by atoms with van der Waals surface area (Å²) in [5.74, 6) is 2.69. The van der Waals surface area contributed by atoms with E-state index in [1.807, 2.05) is 0 Å². The highest BCUT2D eigenvalue weighted by Crippen LogP contribution is 2.69. The molecule has 4 aliphatic carbocycles. The second kappa shape index (κ2) is 8.78. The molecule has 0 saturated heterocycles. The summed E-state index contributed by atoms with van der Waals surface area (Å²) in [7, 11) is -4.64. The molecule has 0 spiro atoms. The average molecular weight is 472 g/mol. The molecule has 2 N–H and O–H groups in total. The Balaban J connectivity index is 1.56. The van der Waals surface area contributed by atoms with E-state index >= 15 is 0 Å². The van der Waals surface area contributed by atoms with E-state index in [1.54, 1.807) is 0 Å². The number of rotatable bonds is 6. The second-order valence-electron chi connectivity index (χ2n) is 12.1. The van der Waals surface area contributed by atoms with E-state index in [-0.39, 0.29) is 41.5 Å². The van der Waals surface area contributed by atoms with Gasteiger partial charge in [0.15, 0.2) is 0 Å².